The van der Waals surface area contributed by atoms with Crippen LogP contribution in [0.3, 0.4) is 0 Å². The van der Waals surface area contributed by atoms with Crippen LogP contribution in [0.4, 0.5) is 18.3 Å². The van der Waals surface area contributed by atoms with Crippen LogP contribution < -0.4 is 14.8 Å². The first-order valence-electron chi connectivity index (χ1n) is 8.75. The number of amides is 1. The van der Waals surface area contributed by atoms with E-state index in [1.54, 1.807) is 30.5 Å². The van der Waals surface area contributed by atoms with Crippen LogP contribution in [0.2, 0.25) is 0 Å². The van der Waals surface area contributed by atoms with Crippen LogP contribution >= 0.6 is 11.3 Å². The van der Waals surface area contributed by atoms with Crippen LogP contribution in [-0.2, 0) is 11.2 Å². The summed E-state index contributed by atoms with van der Waals surface area (Å²) in [6, 6.07) is 9.94. The highest BCUT2D eigenvalue weighted by Crippen LogP contribution is 2.30. The zero-order valence-corrected chi connectivity index (χ0v) is 16.6. The molecular weight excluding hydrogens is 421 g/mol. The average Bonchev–Trinajstić information content (AvgIpc) is 3.19. The number of nitrogens with one attached hydrogen (secondary N) is 1. The molecule has 0 unspecified atom stereocenters. The molecule has 7 nitrogen and oxygen atoms in total. The topological polar surface area (TPSA) is 86.2 Å². The van der Waals surface area contributed by atoms with Crippen LogP contribution in [0.15, 0.2) is 42.6 Å². The molecule has 0 fully saturated rings. The number of anilines is 1. The van der Waals surface area contributed by atoms with Crippen molar-refractivity contribution in [3.05, 3.63) is 48.2 Å². The second kappa shape index (κ2) is 9.53. The highest BCUT2D eigenvalue weighted by Gasteiger charge is 2.29. The number of nitrogens with zero attached hydrogens (tertiary/aromatic N) is 3. The molecule has 0 aliphatic carbocycles. The summed E-state index contributed by atoms with van der Waals surface area (Å²) in [5.41, 5.74) is 1.38. The summed E-state index contributed by atoms with van der Waals surface area (Å²) in [6.45, 7) is -1.41. The monoisotopic (exact) mass is 438 g/mol. The van der Waals surface area contributed by atoms with Gasteiger partial charge in [0.2, 0.25) is 11.0 Å². The molecule has 1 amide bonds. The molecule has 3 rings (SSSR count). The standard InChI is InChI=1S/C19H17F3N4O3S/c1-28-15-10-12(5-7-14(15)29-11-19(20,21)22)6-8-16(27)24-18-26-25-17(30-18)13-4-2-3-9-23-13/h2-5,7,9-10H,6,8,11H2,1H3,(H,24,26,27). The highest BCUT2D eigenvalue weighted by atomic mass is 32.1. The first kappa shape index (κ1) is 21.5. The number of ether oxygens (including phenoxy) is 2. The number of benzene rings is 1. The predicted octanol–water partition coefficient (Wildman–Crippen LogP) is 4.12. The number of halogens is 3. The first-order chi connectivity index (χ1) is 14.3. The van der Waals surface area contributed by atoms with E-state index in [4.69, 9.17) is 9.47 Å². The number of carbonyl (C=O) groups excluding carboxylic acids is 1. The minimum absolute atomic E-state index is 0.0149. The third-order valence-corrected chi connectivity index (χ3v) is 4.68. The Kier molecular flexibility index (Phi) is 6.83. The Labute approximate surface area is 173 Å². The zero-order valence-electron chi connectivity index (χ0n) is 15.8. The van der Waals surface area contributed by atoms with E-state index in [9.17, 15) is 18.0 Å². The summed E-state index contributed by atoms with van der Waals surface area (Å²) in [5, 5.41) is 11.6. The van der Waals surface area contributed by atoms with Gasteiger partial charge in [-0.15, -0.1) is 10.2 Å². The van der Waals surface area contributed by atoms with Crippen LogP contribution in [0, 0.1) is 0 Å². The van der Waals surface area contributed by atoms with Gasteiger partial charge in [-0.1, -0.05) is 23.5 Å². The molecule has 0 bridgehead atoms. The second-order valence-electron chi connectivity index (χ2n) is 6.06. The predicted molar refractivity (Wildman–Crippen MR) is 105 cm³/mol. The third kappa shape index (κ3) is 6.14. The minimum atomic E-state index is -4.44. The molecule has 2 aromatic heterocycles. The molecule has 1 aromatic carbocycles. The number of rotatable bonds is 8. The maximum atomic E-state index is 12.3. The van der Waals surface area contributed by atoms with E-state index in [-0.39, 0.29) is 23.8 Å². The summed E-state index contributed by atoms with van der Waals surface area (Å²) in [4.78, 5) is 16.4. The van der Waals surface area contributed by atoms with Crippen molar-refractivity contribution in [1.82, 2.24) is 15.2 Å². The Morgan fingerprint density at radius 3 is 2.70 bits per heavy atom. The van der Waals surface area contributed by atoms with Gasteiger partial charge >= 0.3 is 6.18 Å². The molecule has 3 aromatic rings. The van der Waals surface area contributed by atoms with Crippen LogP contribution in [0.1, 0.15) is 12.0 Å². The largest absolute Gasteiger partial charge is 0.493 e. The average molecular weight is 438 g/mol. The van der Waals surface area contributed by atoms with Gasteiger partial charge in [0.15, 0.2) is 23.1 Å². The van der Waals surface area contributed by atoms with Crippen LogP contribution in [-0.4, -0.2) is 41.0 Å². The van der Waals surface area contributed by atoms with Crippen molar-refractivity contribution >= 4 is 22.4 Å². The van der Waals surface area contributed by atoms with Crippen LogP contribution in [0.25, 0.3) is 10.7 Å². The first-order valence-corrected chi connectivity index (χ1v) is 9.57. The summed E-state index contributed by atoms with van der Waals surface area (Å²) < 4.78 is 46.8. The molecule has 2 heterocycles. The normalized spacial score (nSPS) is 11.2. The number of alkyl halides is 3. The Balaban J connectivity index is 1.55. The van der Waals surface area contributed by atoms with Gasteiger partial charge in [0.1, 0.15) is 5.69 Å². The smallest absolute Gasteiger partial charge is 0.422 e. The fraction of sp³-hybridized carbons (Fsp3) is 0.263. The molecule has 158 valence electrons. The lowest BCUT2D eigenvalue weighted by Crippen LogP contribution is -2.19. The Bertz CT molecular complexity index is 996. The lowest BCUT2D eigenvalue weighted by Gasteiger charge is -2.13. The molecule has 0 radical (unpaired) electrons. The third-order valence-electron chi connectivity index (χ3n) is 3.82. The van der Waals surface area contributed by atoms with Gasteiger partial charge in [-0.05, 0) is 36.2 Å². The fourth-order valence-corrected chi connectivity index (χ4v) is 3.19. The van der Waals surface area contributed by atoms with E-state index in [0.717, 1.165) is 0 Å². The number of hydrogen-bond donors (Lipinski definition) is 1. The van der Waals surface area contributed by atoms with Gasteiger partial charge in [-0.3, -0.25) is 9.78 Å². The van der Waals surface area contributed by atoms with E-state index in [1.807, 2.05) is 6.07 Å². The number of aryl methyl sites for hydroxylation is 1. The quantitative estimate of drug-likeness (QED) is 0.569. The number of carbonyl (C=O) groups is 1. The molecule has 0 atom stereocenters. The van der Waals surface area contributed by atoms with Gasteiger partial charge in [-0.25, -0.2) is 0 Å². The van der Waals surface area contributed by atoms with E-state index in [0.29, 0.717) is 27.8 Å². The van der Waals surface area contributed by atoms with Crippen molar-refractivity contribution < 1.29 is 27.4 Å². The molecular formula is C19H17F3N4O3S. The van der Waals surface area contributed by atoms with Gasteiger partial charge in [0.05, 0.1) is 7.11 Å². The van der Waals surface area contributed by atoms with Crippen molar-refractivity contribution in [2.45, 2.75) is 19.0 Å². The SMILES string of the molecule is COc1cc(CCC(=O)Nc2nnc(-c3ccccn3)s2)ccc1OCC(F)(F)F. The Hall–Kier alpha value is -3.21. The van der Waals surface area contributed by atoms with E-state index < -0.39 is 12.8 Å². The summed E-state index contributed by atoms with van der Waals surface area (Å²) in [6.07, 6.45) is -2.30. The number of aromatic nitrogens is 3. The van der Waals surface area contributed by atoms with E-state index >= 15 is 0 Å². The lowest BCUT2D eigenvalue weighted by atomic mass is 10.1. The van der Waals surface area contributed by atoms with Gasteiger partial charge in [-0.2, -0.15) is 13.2 Å². The molecule has 0 saturated carbocycles. The number of pyridine rings is 1. The summed E-state index contributed by atoms with van der Waals surface area (Å²) >= 11 is 1.21. The highest BCUT2D eigenvalue weighted by molar-refractivity contribution is 7.18. The number of methoxy groups -OCH3 is 1. The molecule has 0 aliphatic heterocycles. The van der Waals surface area contributed by atoms with Crippen molar-refractivity contribution in [2.24, 2.45) is 0 Å². The van der Waals surface area contributed by atoms with Crippen molar-refractivity contribution in [2.75, 3.05) is 19.0 Å². The molecule has 30 heavy (non-hydrogen) atoms. The fourth-order valence-electron chi connectivity index (χ4n) is 2.45. The maximum absolute atomic E-state index is 12.3. The molecule has 0 saturated heterocycles. The molecule has 1 N–H and O–H groups in total. The van der Waals surface area contributed by atoms with E-state index in [2.05, 4.69) is 20.5 Å². The summed E-state index contributed by atoms with van der Waals surface area (Å²) in [7, 11) is 1.33. The van der Waals surface area contributed by atoms with Crippen molar-refractivity contribution in [1.29, 1.82) is 0 Å². The van der Waals surface area contributed by atoms with E-state index in [1.165, 1.54) is 24.5 Å². The van der Waals surface area contributed by atoms with Crippen molar-refractivity contribution in [3.8, 4) is 22.2 Å². The van der Waals surface area contributed by atoms with Gasteiger partial charge in [0.25, 0.3) is 0 Å². The summed E-state index contributed by atoms with van der Waals surface area (Å²) in [5.74, 6) is -0.115. The Morgan fingerprint density at radius 2 is 2.00 bits per heavy atom. The number of hydrogen-bond acceptors (Lipinski definition) is 7. The second-order valence-corrected chi connectivity index (χ2v) is 7.04. The maximum Gasteiger partial charge on any atom is 0.422 e. The van der Waals surface area contributed by atoms with Crippen LogP contribution in [0.5, 0.6) is 11.5 Å². The van der Waals surface area contributed by atoms with Crippen molar-refractivity contribution in [3.63, 3.8) is 0 Å². The molecule has 11 heteroatoms. The molecule has 0 aliphatic rings. The molecule has 0 spiro atoms. The Morgan fingerprint density at radius 1 is 1.17 bits per heavy atom. The zero-order chi connectivity index (χ0) is 21.6. The minimum Gasteiger partial charge on any atom is -0.493 e. The van der Waals surface area contributed by atoms with Gasteiger partial charge in [0, 0.05) is 12.6 Å². The van der Waals surface area contributed by atoms with Gasteiger partial charge < -0.3 is 14.8 Å². The lowest BCUT2D eigenvalue weighted by molar-refractivity contribution is -0.153.